The molecule has 1 atom stereocenters. The van der Waals surface area contributed by atoms with Gasteiger partial charge < -0.3 is 10.4 Å². The Labute approximate surface area is 102 Å². The Morgan fingerprint density at radius 2 is 2.29 bits per heavy atom. The lowest BCUT2D eigenvalue weighted by atomic mass is 9.82. The number of aliphatic hydroxyl groups excluding tert-OH is 1. The topological polar surface area (TPSA) is 45.1 Å². The molecule has 3 heteroatoms. The zero-order valence-electron chi connectivity index (χ0n) is 10.1. The third kappa shape index (κ3) is 2.35. The van der Waals surface area contributed by atoms with E-state index in [0.717, 1.165) is 19.4 Å². The van der Waals surface area contributed by atoms with Crippen LogP contribution in [-0.4, -0.2) is 22.7 Å². The quantitative estimate of drug-likeness (QED) is 0.835. The molecule has 0 saturated heterocycles. The van der Waals surface area contributed by atoms with E-state index >= 15 is 0 Å². The molecule has 2 aliphatic carbocycles. The van der Waals surface area contributed by atoms with Crippen molar-refractivity contribution in [3.8, 4) is 0 Å². The van der Waals surface area contributed by atoms with Crippen LogP contribution in [0.2, 0.25) is 0 Å². The van der Waals surface area contributed by atoms with Crippen molar-refractivity contribution in [3.63, 3.8) is 0 Å². The normalized spacial score (nSPS) is 31.7. The van der Waals surface area contributed by atoms with Crippen LogP contribution in [0.1, 0.15) is 43.0 Å². The first-order chi connectivity index (χ1) is 8.33. The standard InChI is InChI=1S/C14H20N2O/c17-12-7-10(8-12)9-16-13-5-1-3-11-4-2-6-15-14(11)13/h2,4,6,10,12-13,16-17H,1,3,5,7-9H2. The summed E-state index contributed by atoms with van der Waals surface area (Å²) < 4.78 is 0. The van der Waals surface area contributed by atoms with Crippen molar-refractivity contribution in [2.75, 3.05) is 6.54 Å². The number of nitrogens with one attached hydrogen (secondary N) is 1. The number of hydrogen-bond acceptors (Lipinski definition) is 3. The van der Waals surface area contributed by atoms with E-state index < -0.39 is 0 Å². The Bertz CT molecular complexity index is 388. The Morgan fingerprint density at radius 1 is 1.41 bits per heavy atom. The molecular formula is C14H20N2O. The summed E-state index contributed by atoms with van der Waals surface area (Å²) in [6.45, 7) is 1.03. The number of aromatic nitrogens is 1. The first kappa shape index (κ1) is 11.2. The predicted octanol–water partition coefficient (Wildman–Crippen LogP) is 1.82. The lowest BCUT2D eigenvalue weighted by Gasteiger charge is -2.34. The molecular weight excluding hydrogens is 212 g/mol. The maximum Gasteiger partial charge on any atom is 0.0605 e. The number of hydrogen-bond donors (Lipinski definition) is 2. The van der Waals surface area contributed by atoms with Crippen LogP contribution in [-0.2, 0) is 6.42 Å². The SMILES string of the molecule is OC1CC(CNC2CCCc3cccnc32)C1. The van der Waals surface area contributed by atoms with Gasteiger partial charge in [0.1, 0.15) is 0 Å². The number of nitrogens with zero attached hydrogens (tertiary/aromatic N) is 1. The average Bonchev–Trinajstić information content (AvgIpc) is 2.33. The molecule has 1 saturated carbocycles. The van der Waals surface area contributed by atoms with Gasteiger partial charge in [0.15, 0.2) is 0 Å². The fourth-order valence-electron chi connectivity index (χ4n) is 2.98. The Morgan fingerprint density at radius 3 is 3.12 bits per heavy atom. The molecule has 3 nitrogen and oxygen atoms in total. The zero-order chi connectivity index (χ0) is 11.7. The van der Waals surface area contributed by atoms with Crippen molar-refractivity contribution in [3.05, 3.63) is 29.6 Å². The molecule has 3 rings (SSSR count). The fourth-order valence-corrected chi connectivity index (χ4v) is 2.98. The van der Waals surface area contributed by atoms with Gasteiger partial charge in [0.2, 0.25) is 0 Å². The highest BCUT2D eigenvalue weighted by Gasteiger charge is 2.28. The van der Waals surface area contributed by atoms with E-state index in [1.807, 2.05) is 12.3 Å². The summed E-state index contributed by atoms with van der Waals surface area (Å²) in [6.07, 6.45) is 7.40. The van der Waals surface area contributed by atoms with Crippen LogP contribution in [0.5, 0.6) is 0 Å². The van der Waals surface area contributed by atoms with Gasteiger partial charge in [-0.05, 0) is 56.2 Å². The van der Waals surface area contributed by atoms with Crippen LogP contribution < -0.4 is 5.32 Å². The van der Waals surface area contributed by atoms with Crippen molar-refractivity contribution in [2.45, 2.75) is 44.2 Å². The van der Waals surface area contributed by atoms with Gasteiger partial charge in [-0.2, -0.15) is 0 Å². The maximum absolute atomic E-state index is 9.27. The lowest BCUT2D eigenvalue weighted by molar-refractivity contribution is 0.0415. The molecule has 0 radical (unpaired) electrons. The number of fused-ring (bicyclic) bond motifs is 1. The second kappa shape index (κ2) is 4.75. The van der Waals surface area contributed by atoms with E-state index in [1.165, 1.54) is 30.5 Å². The highest BCUT2D eigenvalue weighted by molar-refractivity contribution is 5.25. The summed E-state index contributed by atoms with van der Waals surface area (Å²) >= 11 is 0. The molecule has 92 valence electrons. The van der Waals surface area contributed by atoms with Crippen LogP contribution in [0.3, 0.4) is 0 Å². The van der Waals surface area contributed by atoms with E-state index in [0.29, 0.717) is 12.0 Å². The Kier molecular flexibility index (Phi) is 3.12. The molecule has 2 N–H and O–H groups in total. The summed E-state index contributed by atoms with van der Waals surface area (Å²) in [5, 5.41) is 12.9. The minimum atomic E-state index is -0.0430. The molecule has 0 aliphatic heterocycles. The van der Waals surface area contributed by atoms with E-state index in [9.17, 15) is 5.11 Å². The molecule has 17 heavy (non-hydrogen) atoms. The third-order valence-electron chi connectivity index (χ3n) is 4.06. The van der Waals surface area contributed by atoms with Gasteiger partial charge in [-0.1, -0.05) is 6.07 Å². The first-order valence-electron chi connectivity index (χ1n) is 6.68. The largest absolute Gasteiger partial charge is 0.393 e. The van der Waals surface area contributed by atoms with Crippen LogP contribution >= 0.6 is 0 Å². The van der Waals surface area contributed by atoms with E-state index in [4.69, 9.17) is 0 Å². The minimum Gasteiger partial charge on any atom is -0.393 e. The second-order valence-corrected chi connectivity index (χ2v) is 5.39. The average molecular weight is 232 g/mol. The predicted molar refractivity (Wildman–Crippen MR) is 66.6 cm³/mol. The number of aryl methyl sites for hydroxylation is 1. The zero-order valence-corrected chi connectivity index (χ0v) is 10.1. The van der Waals surface area contributed by atoms with Crippen molar-refractivity contribution in [1.82, 2.24) is 10.3 Å². The van der Waals surface area contributed by atoms with Crippen molar-refractivity contribution < 1.29 is 5.11 Å². The molecule has 1 fully saturated rings. The molecule has 0 aromatic carbocycles. The van der Waals surface area contributed by atoms with Gasteiger partial charge in [-0.15, -0.1) is 0 Å². The first-order valence-corrected chi connectivity index (χ1v) is 6.68. The van der Waals surface area contributed by atoms with Crippen LogP contribution in [0.4, 0.5) is 0 Å². The number of pyridine rings is 1. The Hall–Kier alpha value is -0.930. The summed E-state index contributed by atoms with van der Waals surface area (Å²) in [4.78, 5) is 4.53. The molecule has 0 bridgehead atoms. The highest BCUT2D eigenvalue weighted by Crippen LogP contribution is 2.30. The smallest absolute Gasteiger partial charge is 0.0605 e. The molecule has 1 unspecified atom stereocenters. The van der Waals surface area contributed by atoms with Crippen LogP contribution in [0, 0.1) is 5.92 Å². The van der Waals surface area contributed by atoms with Gasteiger partial charge in [-0.3, -0.25) is 4.98 Å². The fraction of sp³-hybridized carbons (Fsp3) is 0.643. The van der Waals surface area contributed by atoms with Crippen molar-refractivity contribution in [2.24, 2.45) is 5.92 Å². The van der Waals surface area contributed by atoms with Crippen molar-refractivity contribution >= 4 is 0 Å². The molecule has 2 aliphatic rings. The van der Waals surface area contributed by atoms with Gasteiger partial charge in [0.05, 0.1) is 11.8 Å². The molecule has 1 heterocycles. The highest BCUT2D eigenvalue weighted by atomic mass is 16.3. The third-order valence-corrected chi connectivity index (χ3v) is 4.06. The van der Waals surface area contributed by atoms with Gasteiger partial charge >= 0.3 is 0 Å². The molecule has 1 aromatic heterocycles. The van der Waals surface area contributed by atoms with Crippen molar-refractivity contribution in [1.29, 1.82) is 0 Å². The summed E-state index contributed by atoms with van der Waals surface area (Å²) in [5.74, 6) is 0.666. The summed E-state index contributed by atoms with van der Waals surface area (Å²) in [7, 11) is 0. The van der Waals surface area contributed by atoms with Gasteiger partial charge in [0.25, 0.3) is 0 Å². The molecule has 1 aromatic rings. The monoisotopic (exact) mass is 232 g/mol. The van der Waals surface area contributed by atoms with E-state index in [2.05, 4.69) is 16.4 Å². The molecule has 0 spiro atoms. The number of aliphatic hydroxyl groups is 1. The summed E-state index contributed by atoms with van der Waals surface area (Å²) in [6, 6.07) is 4.66. The maximum atomic E-state index is 9.27. The van der Waals surface area contributed by atoms with Gasteiger partial charge in [-0.25, -0.2) is 0 Å². The van der Waals surface area contributed by atoms with Crippen LogP contribution in [0.25, 0.3) is 0 Å². The van der Waals surface area contributed by atoms with Gasteiger partial charge in [0, 0.05) is 12.2 Å². The van der Waals surface area contributed by atoms with E-state index in [1.54, 1.807) is 0 Å². The Balaban J connectivity index is 1.61. The lowest BCUT2D eigenvalue weighted by Crippen LogP contribution is -2.38. The summed E-state index contributed by atoms with van der Waals surface area (Å²) in [5.41, 5.74) is 2.66. The van der Waals surface area contributed by atoms with Crippen LogP contribution in [0.15, 0.2) is 18.3 Å². The molecule has 0 amide bonds. The number of rotatable bonds is 3. The second-order valence-electron chi connectivity index (χ2n) is 5.39. The minimum absolute atomic E-state index is 0.0430. The van der Waals surface area contributed by atoms with E-state index in [-0.39, 0.29) is 6.10 Å².